The third kappa shape index (κ3) is 2.48. The number of carbonyl (C=O) groups is 3. The molecule has 1 saturated carbocycles. The number of carbonyl (C=O) groups excluding carboxylic acids is 1. The van der Waals surface area contributed by atoms with Crippen LogP contribution in [0.3, 0.4) is 0 Å². The molecule has 1 aliphatic carbocycles. The first-order valence-corrected chi connectivity index (χ1v) is 4.82. The van der Waals surface area contributed by atoms with Crippen LogP contribution in [0, 0.1) is 17.8 Å². The minimum atomic E-state index is -1.22. The minimum Gasteiger partial charge on any atom is -0.481 e. The Morgan fingerprint density at radius 1 is 1.38 bits per heavy atom. The first-order valence-electron chi connectivity index (χ1n) is 4.82. The fourth-order valence-corrected chi connectivity index (χ4v) is 1.93. The first kappa shape index (κ1) is 12.4. The monoisotopic (exact) mass is 230 g/mol. The molecular formula is C9H14N2O5. The predicted octanol–water partition coefficient (Wildman–Crippen LogP) is -1.52. The number of carboxylic acids is 2. The fourth-order valence-electron chi connectivity index (χ4n) is 1.93. The third-order valence-corrected chi connectivity index (χ3v) is 2.80. The molecule has 0 aliphatic heterocycles. The van der Waals surface area contributed by atoms with Gasteiger partial charge in [0.2, 0.25) is 5.91 Å². The van der Waals surface area contributed by atoms with Gasteiger partial charge in [-0.2, -0.15) is 0 Å². The van der Waals surface area contributed by atoms with E-state index in [1.54, 1.807) is 0 Å². The molecule has 5 N–H and O–H groups in total. The summed E-state index contributed by atoms with van der Waals surface area (Å²) in [5.74, 6) is -4.36. The van der Waals surface area contributed by atoms with Gasteiger partial charge in [0.1, 0.15) is 6.04 Å². The van der Waals surface area contributed by atoms with Crippen molar-refractivity contribution in [2.75, 3.05) is 6.54 Å². The molecule has 0 aromatic carbocycles. The quantitative estimate of drug-likeness (QED) is 0.454. The zero-order chi connectivity index (χ0) is 12.5. The zero-order valence-corrected chi connectivity index (χ0v) is 8.71. The van der Waals surface area contributed by atoms with Crippen molar-refractivity contribution < 1.29 is 24.6 Å². The van der Waals surface area contributed by atoms with E-state index in [9.17, 15) is 14.4 Å². The zero-order valence-electron chi connectivity index (χ0n) is 8.71. The normalized spacial score (nSPS) is 29.2. The Balaban J connectivity index is 2.60. The van der Waals surface area contributed by atoms with Crippen molar-refractivity contribution in [2.24, 2.45) is 23.5 Å². The molecule has 0 saturated heterocycles. The Kier molecular flexibility index (Phi) is 3.48. The molecule has 0 bridgehead atoms. The number of rotatable bonds is 5. The molecule has 0 aromatic heterocycles. The summed E-state index contributed by atoms with van der Waals surface area (Å²) in [5.41, 5.74) is 5.37. The summed E-state index contributed by atoms with van der Waals surface area (Å²) in [4.78, 5) is 32.1. The summed E-state index contributed by atoms with van der Waals surface area (Å²) < 4.78 is 0. The summed E-state index contributed by atoms with van der Waals surface area (Å²) >= 11 is 0. The summed E-state index contributed by atoms with van der Waals surface area (Å²) in [6, 6.07) is -1.19. The number of hydrogen-bond donors (Lipinski definition) is 4. The molecule has 4 atom stereocenters. The van der Waals surface area contributed by atoms with Crippen molar-refractivity contribution in [3.05, 3.63) is 0 Å². The predicted molar refractivity (Wildman–Crippen MR) is 52.4 cm³/mol. The van der Waals surface area contributed by atoms with Crippen LogP contribution in [0.5, 0.6) is 0 Å². The highest BCUT2D eigenvalue weighted by Gasteiger charge is 2.59. The molecule has 7 nitrogen and oxygen atoms in total. The molecular weight excluding hydrogens is 216 g/mol. The number of hydrogen-bond acceptors (Lipinski definition) is 4. The number of nitrogens with one attached hydrogen (secondary N) is 1. The molecule has 1 unspecified atom stereocenters. The molecule has 0 heterocycles. The summed E-state index contributed by atoms with van der Waals surface area (Å²) in [5, 5.41) is 20.0. The Morgan fingerprint density at radius 3 is 2.31 bits per heavy atom. The molecule has 1 rings (SSSR count). The lowest BCUT2D eigenvalue weighted by atomic mass is 10.1. The molecule has 0 radical (unpaired) electrons. The van der Waals surface area contributed by atoms with Gasteiger partial charge in [-0.25, -0.2) is 0 Å². The van der Waals surface area contributed by atoms with E-state index < -0.39 is 35.7 Å². The number of nitrogens with two attached hydrogens (primary N) is 1. The molecule has 90 valence electrons. The van der Waals surface area contributed by atoms with E-state index in [0.717, 1.165) is 0 Å². The Labute approximate surface area is 91.6 Å². The van der Waals surface area contributed by atoms with E-state index in [1.165, 1.54) is 6.92 Å². The number of carboxylic acid groups (broad SMARTS) is 2. The van der Waals surface area contributed by atoms with E-state index in [0.29, 0.717) is 0 Å². The maximum atomic E-state index is 10.8. The van der Waals surface area contributed by atoms with E-state index in [1.807, 2.05) is 0 Å². The highest BCUT2D eigenvalue weighted by molar-refractivity contribution is 5.80. The average Bonchev–Trinajstić information content (AvgIpc) is 2.87. The molecule has 1 amide bonds. The Morgan fingerprint density at radius 2 is 1.94 bits per heavy atom. The van der Waals surface area contributed by atoms with Gasteiger partial charge in [-0.05, 0) is 5.92 Å². The largest absolute Gasteiger partial charge is 0.481 e. The molecule has 1 fully saturated rings. The number of aliphatic carboxylic acids is 2. The topological polar surface area (TPSA) is 130 Å². The lowest BCUT2D eigenvalue weighted by molar-refractivity contribution is -0.140. The van der Waals surface area contributed by atoms with Crippen LogP contribution in [-0.2, 0) is 14.4 Å². The van der Waals surface area contributed by atoms with Crippen LogP contribution in [-0.4, -0.2) is 40.6 Å². The van der Waals surface area contributed by atoms with Crippen LogP contribution in [0.15, 0.2) is 0 Å². The SMILES string of the molecule is CC(=O)NC[C@H]1[C@H](C(=O)O)[C@H]1C(N)C(=O)O. The summed E-state index contributed by atoms with van der Waals surface area (Å²) in [6.45, 7) is 1.46. The van der Waals surface area contributed by atoms with Crippen LogP contribution in [0.1, 0.15) is 6.92 Å². The molecule has 7 heteroatoms. The second-order valence-electron chi connectivity index (χ2n) is 3.91. The Bertz CT molecular complexity index is 330. The van der Waals surface area contributed by atoms with Crippen molar-refractivity contribution in [1.82, 2.24) is 5.32 Å². The van der Waals surface area contributed by atoms with E-state index in [4.69, 9.17) is 15.9 Å². The van der Waals surface area contributed by atoms with E-state index in [2.05, 4.69) is 5.32 Å². The highest BCUT2D eigenvalue weighted by Crippen LogP contribution is 2.47. The smallest absolute Gasteiger partial charge is 0.320 e. The maximum Gasteiger partial charge on any atom is 0.320 e. The van der Waals surface area contributed by atoms with Gasteiger partial charge in [0.05, 0.1) is 5.92 Å². The molecule has 1 aliphatic rings. The van der Waals surface area contributed by atoms with Gasteiger partial charge in [0, 0.05) is 19.4 Å². The van der Waals surface area contributed by atoms with Gasteiger partial charge >= 0.3 is 11.9 Å². The van der Waals surface area contributed by atoms with Gasteiger partial charge < -0.3 is 21.3 Å². The fraction of sp³-hybridized carbons (Fsp3) is 0.667. The van der Waals surface area contributed by atoms with Crippen LogP contribution in [0.25, 0.3) is 0 Å². The van der Waals surface area contributed by atoms with Crippen molar-refractivity contribution in [3.63, 3.8) is 0 Å². The van der Waals surface area contributed by atoms with Crippen LogP contribution < -0.4 is 11.1 Å². The van der Waals surface area contributed by atoms with E-state index in [-0.39, 0.29) is 12.5 Å². The van der Waals surface area contributed by atoms with Crippen molar-refractivity contribution in [3.8, 4) is 0 Å². The van der Waals surface area contributed by atoms with Gasteiger partial charge in [-0.1, -0.05) is 0 Å². The standard InChI is InChI=1S/C9H14N2O5/c1-3(12)11-2-4-5(6(4)8(13)14)7(10)9(15)16/h4-7H,2,10H2,1H3,(H,11,12)(H,13,14)(H,15,16)/t4-,5+,6+,7?/m1/s1. The molecule has 0 aromatic rings. The van der Waals surface area contributed by atoms with Crippen LogP contribution in [0.4, 0.5) is 0 Å². The van der Waals surface area contributed by atoms with Gasteiger partial charge in [-0.15, -0.1) is 0 Å². The van der Waals surface area contributed by atoms with Crippen molar-refractivity contribution in [2.45, 2.75) is 13.0 Å². The number of amides is 1. The molecule has 0 spiro atoms. The maximum absolute atomic E-state index is 10.8. The first-order chi connectivity index (χ1) is 7.36. The van der Waals surface area contributed by atoms with Gasteiger partial charge in [0.25, 0.3) is 0 Å². The van der Waals surface area contributed by atoms with Crippen LogP contribution in [0.2, 0.25) is 0 Å². The van der Waals surface area contributed by atoms with Crippen LogP contribution >= 0.6 is 0 Å². The van der Waals surface area contributed by atoms with Crippen molar-refractivity contribution >= 4 is 17.8 Å². The van der Waals surface area contributed by atoms with Gasteiger partial charge in [0.15, 0.2) is 0 Å². The summed E-state index contributed by atoms with van der Waals surface area (Å²) in [7, 11) is 0. The second-order valence-corrected chi connectivity index (χ2v) is 3.91. The Hall–Kier alpha value is -1.63. The lowest BCUT2D eigenvalue weighted by Crippen LogP contribution is -2.34. The third-order valence-electron chi connectivity index (χ3n) is 2.80. The van der Waals surface area contributed by atoms with E-state index >= 15 is 0 Å². The second kappa shape index (κ2) is 4.48. The molecule has 16 heavy (non-hydrogen) atoms. The van der Waals surface area contributed by atoms with Crippen molar-refractivity contribution in [1.29, 1.82) is 0 Å². The van der Waals surface area contributed by atoms with Gasteiger partial charge in [-0.3, -0.25) is 14.4 Å². The summed E-state index contributed by atoms with van der Waals surface area (Å²) in [6.07, 6.45) is 0. The lowest BCUT2D eigenvalue weighted by Gasteiger charge is -2.04. The average molecular weight is 230 g/mol. The minimum absolute atomic E-state index is 0.151. The highest BCUT2D eigenvalue weighted by atomic mass is 16.4.